The number of hydrogen-bond acceptors (Lipinski definition) is 14. The summed E-state index contributed by atoms with van der Waals surface area (Å²) < 4.78 is 0.498. The van der Waals surface area contributed by atoms with Crippen LogP contribution in [0.15, 0.2) is 33.9 Å². The van der Waals surface area contributed by atoms with Crippen LogP contribution in [0.1, 0.15) is 42.2 Å². The Labute approximate surface area is 319 Å². The Bertz CT molecular complexity index is 2010. The van der Waals surface area contributed by atoms with Gasteiger partial charge in [0.1, 0.15) is 35.4 Å². The summed E-state index contributed by atoms with van der Waals surface area (Å²) in [5, 5.41) is 54.6. The minimum absolute atomic E-state index is 0.0267. The van der Waals surface area contributed by atoms with Gasteiger partial charge in [0, 0.05) is 29.0 Å². The molecule has 4 aliphatic heterocycles. The number of nitrogens with zero attached hydrogens (tertiary/aromatic N) is 5. The smallest absolute Gasteiger partial charge is 0.352 e. The molecule has 19 nitrogen and oxygen atoms in total. The van der Waals surface area contributed by atoms with Crippen LogP contribution < -0.4 is 11.1 Å². The predicted octanol–water partition coefficient (Wildman–Crippen LogP) is 0.701. The summed E-state index contributed by atoms with van der Waals surface area (Å²) >= 11 is 8.39. The lowest BCUT2D eigenvalue weighted by atomic mass is 9.98. The summed E-state index contributed by atoms with van der Waals surface area (Å²) in [5.41, 5.74) is 5.40. The van der Waals surface area contributed by atoms with Gasteiger partial charge in [-0.3, -0.25) is 24.1 Å². The van der Waals surface area contributed by atoms with Crippen LogP contribution in [0, 0.1) is 0 Å². The number of phenols is 2. The lowest BCUT2D eigenvalue weighted by Crippen LogP contribution is -2.72. The van der Waals surface area contributed by atoms with E-state index in [1.54, 1.807) is 4.90 Å². The molecule has 1 aromatic heterocycles. The average Bonchev–Trinajstić information content (AvgIpc) is 3.74. The highest BCUT2D eigenvalue weighted by molar-refractivity contribution is 8.00. The number of nitrogens with one attached hydrogen (secondary N) is 1. The molecule has 0 radical (unpaired) electrons. The largest absolute Gasteiger partial charge is 0.504 e. The number of aromatic nitrogens is 1. The quantitative estimate of drug-likeness (QED) is 0.0511. The lowest BCUT2D eigenvalue weighted by molar-refractivity contribution is -0.938. The number of carboxylic acids is 3. The number of aliphatic carboxylic acids is 3. The van der Waals surface area contributed by atoms with Crippen molar-refractivity contribution in [3.8, 4) is 11.5 Å². The normalized spacial score (nSPS) is 25.7. The molecule has 4 aliphatic rings. The van der Waals surface area contributed by atoms with Crippen LogP contribution in [0.2, 0.25) is 5.02 Å². The second-order valence-electron chi connectivity index (χ2n) is 13.2. The number of thioether (sulfide) groups is 1. The van der Waals surface area contributed by atoms with Crippen molar-refractivity contribution in [1.82, 2.24) is 20.1 Å². The first-order valence-electron chi connectivity index (χ1n) is 16.5. The number of rotatable bonds is 12. The minimum atomic E-state index is -1.95. The zero-order valence-corrected chi connectivity index (χ0v) is 30.8. The minimum Gasteiger partial charge on any atom is -0.504 e. The zero-order chi connectivity index (χ0) is 39.2. The van der Waals surface area contributed by atoms with Crippen LogP contribution in [-0.2, 0) is 28.8 Å². The fraction of sp³-hybridized carbons (Fsp3) is 0.438. The molecule has 3 fully saturated rings. The Hall–Kier alpha value is -5.12. The van der Waals surface area contributed by atoms with Gasteiger partial charge in [0.2, 0.25) is 6.10 Å². The summed E-state index contributed by atoms with van der Waals surface area (Å²) in [6.45, 7) is 3.98. The Morgan fingerprint density at radius 2 is 1.93 bits per heavy atom. The van der Waals surface area contributed by atoms with Crippen molar-refractivity contribution in [3.05, 3.63) is 45.1 Å². The standard InChI is InChI=1S/C32H34ClN7O12S2/c1-13-16(11-40-7-2-3-14(40)10-38(6-8-40)27(46)15-4-5-18(41)25(44)21(15)33)24(31(50)51)39-28(47)23(29(39)54-13)36-26(45)22(17-12-53-32(34)35-17)37-52-19(30(48)49)9-20(42)43/h4-5,12-14,19,23,29H,2-3,6-11H2,1H3,(H7-,34,35,36,37,41,42,43,44,45,46,48,49,50,51)/p+1/t13-,14-,19-,23+,29+,40?/m0/s1. The topological polar surface area (TPSA) is 283 Å². The van der Waals surface area contributed by atoms with Crippen molar-refractivity contribution >= 4 is 81.2 Å². The third-order valence-corrected chi connectivity index (χ3v) is 12.6. The van der Waals surface area contributed by atoms with Crippen LogP contribution in [0.25, 0.3) is 0 Å². The van der Waals surface area contributed by atoms with Gasteiger partial charge in [-0.2, -0.15) is 0 Å². The molecular weight excluding hydrogens is 774 g/mol. The fourth-order valence-electron chi connectivity index (χ4n) is 7.33. The highest BCUT2D eigenvalue weighted by atomic mass is 35.5. The fourth-order valence-corrected chi connectivity index (χ4v) is 9.56. The molecule has 0 saturated carbocycles. The van der Waals surface area contributed by atoms with E-state index in [2.05, 4.69) is 15.5 Å². The second kappa shape index (κ2) is 15.0. The maximum Gasteiger partial charge on any atom is 0.352 e. The molecule has 5 heterocycles. The molecule has 3 amide bonds. The number of carbonyl (C=O) groups is 6. The number of β-lactam (4-membered cyclic amide) rings is 1. The predicted molar refractivity (Wildman–Crippen MR) is 191 cm³/mol. The third-order valence-electron chi connectivity index (χ3n) is 10.1. The van der Waals surface area contributed by atoms with Gasteiger partial charge in [0.25, 0.3) is 17.7 Å². The molecule has 8 N–H and O–H groups in total. The Balaban J connectivity index is 1.20. The molecule has 6 atom stereocenters. The second-order valence-corrected chi connectivity index (χ2v) is 15.9. The van der Waals surface area contributed by atoms with E-state index in [1.807, 2.05) is 6.92 Å². The number of quaternary nitrogens is 1. The number of piperazine rings is 1. The molecule has 1 aromatic carbocycles. The Morgan fingerprint density at radius 1 is 1.19 bits per heavy atom. The Morgan fingerprint density at radius 3 is 2.57 bits per heavy atom. The van der Waals surface area contributed by atoms with Gasteiger partial charge >= 0.3 is 17.9 Å². The number of anilines is 1. The van der Waals surface area contributed by atoms with Crippen LogP contribution in [-0.4, -0.2) is 148 Å². The number of carboxylic acid groups (broad SMARTS) is 3. The molecule has 22 heteroatoms. The number of hydrogen-bond donors (Lipinski definition) is 7. The molecule has 6 rings (SSSR count). The molecular formula is C32H35ClN7O12S2+. The number of thiazole rings is 1. The third kappa shape index (κ3) is 7.10. The van der Waals surface area contributed by atoms with E-state index in [9.17, 15) is 49.2 Å². The summed E-state index contributed by atoms with van der Waals surface area (Å²) in [6.07, 6.45) is -1.33. The van der Waals surface area contributed by atoms with Gasteiger partial charge < -0.3 is 50.8 Å². The van der Waals surface area contributed by atoms with Crippen LogP contribution in [0.4, 0.5) is 5.13 Å². The first-order chi connectivity index (χ1) is 25.5. The Kier molecular flexibility index (Phi) is 10.7. The SMILES string of the molecule is C[C@@H]1S[C@@H]2[C@H](NC(=O)/C(=N\O[C@@H](CC(=O)O)C(=O)O)c3csc(N)n3)C(=O)N2C(C(=O)O)=C1C[N+]12CCC[C@H]1CN(C(=O)c1ccc(O)c(O)c1Cl)CC2. The molecule has 0 bridgehead atoms. The van der Waals surface area contributed by atoms with E-state index in [-0.39, 0.29) is 33.2 Å². The van der Waals surface area contributed by atoms with E-state index < -0.39 is 82.0 Å². The van der Waals surface area contributed by atoms with E-state index in [0.717, 1.165) is 35.6 Å². The highest BCUT2D eigenvalue weighted by Crippen LogP contribution is 2.46. The van der Waals surface area contributed by atoms with Crippen molar-refractivity contribution in [2.45, 2.75) is 55.0 Å². The number of phenolic OH excluding ortho intramolecular Hbond substituents is 2. The van der Waals surface area contributed by atoms with Gasteiger partial charge in [0.15, 0.2) is 22.3 Å². The van der Waals surface area contributed by atoms with Gasteiger partial charge in [0.05, 0.1) is 43.2 Å². The summed E-state index contributed by atoms with van der Waals surface area (Å²) in [6, 6.07) is 1.26. The number of halogens is 1. The number of oxime groups is 1. The van der Waals surface area contributed by atoms with Crippen molar-refractivity contribution in [2.75, 3.05) is 38.5 Å². The molecule has 288 valence electrons. The summed E-state index contributed by atoms with van der Waals surface area (Å²) in [7, 11) is 0. The maximum atomic E-state index is 13.6. The molecule has 0 spiro atoms. The first kappa shape index (κ1) is 38.6. The van der Waals surface area contributed by atoms with Gasteiger partial charge in [-0.15, -0.1) is 23.1 Å². The number of fused-ring (bicyclic) bond motifs is 2. The van der Waals surface area contributed by atoms with Gasteiger partial charge in [-0.05, 0) is 19.1 Å². The molecule has 0 aliphatic carbocycles. The monoisotopic (exact) mass is 808 g/mol. The number of carbonyl (C=O) groups excluding carboxylic acids is 3. The van der Waals surface area contributed by atoms with Crippen LogP contribution in [0.3, 0.4) is 0 Å². The maximum absolute atomic E-state index is 13.6. The van der Waals surface area contributed by atoms with Crippen LogP contribution >= 0.6 is 34.7 Å². The highest BCUT2D eigenvalue weighted by Gasteiger charge is 2.58. The summed E-state index contributed by atoms with van der Waals surface area (Å²) in [4.78, 5) is 87.7. The molecule has 54 heavy (non-hydrogen) atoms. The van der Waals surface area contributed by atoms with E-state index in [1.165, 1.54) is 29.3 Å². The van der Waals surface area contributed by atoms with Crippen molar-refractivity contribution in [3.63, 3.8) is 0 Å². The van der Waals surface area contributed by atoms with E-state index >= 15 is 0 Å². The first-order valence-corrected chi connectivity index (χ1v) is 18.7. The number of nitrogens with two attached hydrogens (primary N) is 1. The molecule has 1 unspecified atom stereocenters. The number of benzene rings is 1. The number of nitrogen functional groups attached to an aromatic ring is 1. The van der Waals surface area contributed by atoms with Crippen LogP contribution in [0.5, 0.6) is 11.5 Å². The van der Waals surface area contributed by atoms with Crippen molar-refractivity contribution in [2.24, 2.45) is 5.16 Å². The summed E-state index contributed by atoms with van der Waals surface area (Å²) in [5.74, 6) is -7.64. The number of amides is 3. The van der Waals surface area contributed by atoms with Gasteiger partial charge in [-0.25, -0.2) is 14.6 Å². The average molecular weight is 809 g/mol. The van der Waals surface area contributed by atoms with E-state index in [0.29, 0.717) is 36.2 Å². The molecule has 2 aromatic rings. The zero-order valence-electron chi connectivity index (χ0n) is 28.4. The van der Waals surface area contributed by atoms with Gasteiger partial charge in [-0.1, -0.05) is 16.8 Å². The van der Waals surface area contributed by atoms with Crippen molar-refractivity contribution < 1.29 is 63.6 Å². The lowest BCUT2D eigenvalue weighted by Gasteiger charge is -2.53. The van der Waals surface area contributed by atoms with Crippen molar-refractivity contribution in [1.29, 1.82) is 0 Å². The molecule has 3 saturated heterocycles. The number of aromatic hydroxyl groups is 2. The van der Waals surface area contributed by atoms with E-state index in [4.69, 9.17) is 27.3 Å².